The molecule has 7 nitrogen and oxygen atoms in total. The summed E-state index contributed by atoms with van der Waals surface area (Å²) in [6, 6.07) is 14.4. The second-order valence-corrected chi connectivity index (χ2v) is 8.03. The van der Waals surface area contributed by atoms with Gasteiger partial charge in [0.15, 0.2) is 6.10 Å². The molecule has 0 spiro atoms. The second-order valence-electron chi connectivity index (χ2n) is 8.03. The highest BCUT2D eigenvalue weighted by Gasteiger charge is 2.49. The maximum absolute atomic E-state index is 12.4. The van der Waals surface area contributed by atoms with E-state index in [0.717, 1.165) is 18.4 Å². The van der Waals surface area contributed by atoms with Crippen LogP contribution in [0.1, 0.15) is 29.3 Å². The number of ether oxygens (including phenoxy) is 4. The lowest BCUT2D eigenvalue weighted by Gasteiger charge is -2.17. The SMILES string of the molecule is CCCOc1ccc(C#CC2COC3C(OC(=O)c4ccccc4)COC23)cc1N(C)C=O. The van der Waals surface area contributed by atoms with Crippen LogP contribution in [0.15, 0.2) is 48.5 Å². The molecule has 2 saturated heterocycles. The fraction of sp³-hybridized carbons (Fsp3) is 0.385. The van der Waals surface area contributed by atoms with Crippen LogP contribution in [-0.4, -0.2) is 57.6 Å². The van der Waals surface area contributed by atoms with Crippen LogP contribution >= 0.6 is 0 Å². The molecule has 0 bridgehead atoms. The van der Waals surface area contributed by atoms with E-state index in [-0.39, 0.29) is 30.7 Å². The van der Waals surface area contributed by atoms with Crippen molar-refractivity contribution >= 4 is 18.1 Å². The summed E-state index contributed by atoms with van der Waals surface area (Å²) in [5, 5.41) is 0. The molecule has 172 valence electrons. The molecule has 2 aromatic carbocycles. The summed E-state index contributed by atoms with van der Waals surface area (Å²) in [5.41, 5.74) is 1.92. The minimum Gasteiger partial charge on any atom is -0.491 e. The first-order chi connectivity index (χ1) is 16.1. The molecule has 33 heavy (non-hydrogen) atoms. The third-order valence-corrected chi connectivity index (χ3v) is 5.64. The Morgan fingerprint density at radius 3 is 2.70 bits per heavy atom. The van der Waals surface area contributed by atoms with Crippen LogP contribution in [0.3, 0.4) is 0 Å². The quantitative estimate of drug-likeness (QED) is 0.368. The van der Waals surface area contributed by atoms with Crippen molar-refractivity contribution in [2.45, 2.75) is 31.7 Å². The predicted molar refractivity (Wildman–Crippen MR) is 122 cm³/mol. The number of esters is 1. The number of hydrogen-bond acceptors (Lipinski definition) is 6. The first-order valence-electron chi connectivity index (χ1n) is 11.1. The highest BCUT2D eigenvalue weighted by atomic mass is 16.6. The number of fused-ring (bicyclic) bond motifs is 1. The average Bonchev–Trinajstić information content (AvgIpc) is 3.44. The molecule has 0 aliphatic carbocycles. The molecule has 2 fully saturated rings. The average molecular weight is 450 g/mol. The number of amides is 1. The van der Waals surface area contributed by atoms with Crippen LogP contribution in [0.2, 0.25) is 0 Å². The van der Waals surface area contributed by atoms with Crippen LogP contribution in [0.5, 0.6) is 5.75 Å². The van der Waals surface area contributed by atoms with Gasteiger partial charge in [0.1, 0.15) is 18.0 Å². The number of hydrogen-bond donors (Lipinski definition) is 0. The zero-order valence-corrected chi connectivity index (χ0v) is 18.7. The number of nitrogens with zero attached hydrogens (tertiary/aromatic N) is 1. The van der Waals surface area contributed by atoms with E-state index in [1.807, 2.05) is 31.2 Å². The molecule has 0 radical (unpaired) electrons. The molecule has 0 saturated carbocycles. The summed E-state index contributed by atoms with van der Waals surface area (Å²) < 4.78 is 23.2. The Morgan fingerprint density at radius 1 is 1.15 bits per heavy atom. The standard InChI is InChI=1S/C26H27NO6/c1-3-13-30-22-12-10-18(14-21(22)27(2)17-28)9-11-20-15-31-25-23(16-32-24(20)25)33-26(29)19-7-5-4-6-8-19/h4-8,10,12,14,17,20,23-25H,3,13,15-16H2,1-2H3. The van der Waals surface area contributed by atoms with Crippen molar-refractivity contribution in [3.05, 3.63) is 59.7 Å². The highest BCUT2D eigenvalue weighted by molar-refractivity contribution is 5.89. The lowest BCUT2D eigenvalue weighted by molar-refractivity contribution is -0.107. The van der Waals surface area contributed by atoms with Gasteiger partial charge in [-0.1, -0.05) is 37.0 Å². The van der Waals surface area contributed by atoms with Crippen molar-refractivity contribution in [2.75, 3.05) is 31.8 Å². The van der Waals surface area contributed by atoms with Gasteiger partial charge in [-0.15, -0.1) is 0 Å². The summed E-state index contributed by atoms with van der Waals surface area (Å²) in [6.45, 7) is 3.28. The lowest BCUT2D eigenvalue weighted by Crippen LogP contribution is -2.33. The van der Waals surface area contributed by atoms with Gasteiger partial charge in [0.05, 0.1) is 37.0 Å². The molecule has 2 aliphatic rings. The van der Waals surface area contributed by atoms with E-state index in [1.54, 1.807) is 31.3 Å². The number of carbonyl (C=O) groups excluding carboxylic acids is 2. The summed E-state index contributed by atoms with van der Waals surface area (Å²) in [6.07, 6.45) is 0.563. The van der Waals surface area contributed by atoms with Gasteiger partial charge in [0.25, 0.3) is 0 Å². The van der Waals surface area contributed by atoms with Gasteiger partial charge in [-0.3, -0.25) is 4.79 Å². The Bertz CT molecular complexity index is 1040. The normalized spacial score (nSPS) is 23.2. The predicted octanol–water partition coefficient (Wildman–Crippen LogP) is 3.06. The fourth-order valence-corrected chi connectivity index (χ4v) is 3.91. The molecule has 0 N–H and O–H groups in total. The largest absolute Gasteiger partial charge is 0.491 e. The Hall–Kier alpha value is -3.34. The van der Waals surface area contributed by atoms with Gasteiger partial charge in [0, 0.05) is 12.6 Å². The van der Waals surface area contributed by atoms with Crippen LogP contribution in [0, 0.1) is 17.8 Å². The van der Waals surface area contributed by atoms with E-state index in [1.165, 1.54) is 4.90 Å². The smallest absolute Gasteiger partial charge is 0.338 e. The first-order valence-corrected chi connectivity index (χ1v) is 11.1. The molecule has 2 aromatic rings. The van der Waals surface area contributed by atoms with E-state index in [9.17, 15) is 9.59 Å². The minimum absolute atomic E-state index is 0.140. The fourth-order valence-electron chi connectivity index (χ4n) is 3.91. The van der Waals surface area contributed by atoms with Crippen LogP contribution in [-0.2, 0) is 19.0 Å². The van der Waals surface area contributed by atoms with E-state index in [4.69, 9.17) is 18.9 Å². The molecule has 1 amide bonds. The molecule has 4 atom stereocenters. The van der Waals surface area contributed by atoms with Crippen LogP contribution < -0.4 is 9.64 Å². The van der Waals surface area contributed by atoms with Crippen molar-refractivity contribution < 1.29 is 28.5 Å². The molecular weight excluding hydrogens is 422 g/mol. The van der Waals surface area contributed by atoms with Gasteiger partial charge in [-0.25, -0.2) is 4.79 Å². The van der Waals surface area contributed by atoms with Gasteiger partial charge in [-0.05, 0) is 36.8 Å². The number of anilines is 1. The van der Waals surface area contributed by atoms with E-state index >= 15 is 0 Å². The molecule has 4 unspecified atom stereocenters. The van der Waals surface area contributed by atoms with E-state index in [0.29, 0.717) is 30.2 Å². The lowest BCUT2D eigenvalue weighted by atomic mass is 10.0. The van der Waals surface area contributed by atoms with Gasteiger partial charge < -0.3 is 23.8 Å². The summed E-state index contributed by atoms with van der Waals surface area (Å²) in [5.74, 6) is 6.51. The Morgan fingerprint density at radius 2 is 1.94 bits per heavy atom. The molecule has 2 heterocycles. The zero-order valence-electron chi connectivity index (χ0n) is 18.7. The Labute approximate surface area is 193 Å². The van der Waals surface area contributed by atoms with Crippen molar-refractivity contribution in [2.24, 2.45) is 5.92 Å². The topological polar surface area (TPSA) is 74.3 Å². The number of benzene rings is 2. The molecule has 4 rings (SSSR count). The number of carbonyl (C=O) groups is 2. The maximum Gasteiger partial charge on any atom is 0.338 e. The second kappa shape index (κ2) is 10.5. The van der Waals surface area contributed by atoms with E-state index in [2.05, 4.69) is 11.8 Å². The Balaban J connectivity index is 1.43. The van der Waals surface area contributed by atoms with Crippen molar-refractivity contribution in [3.63, 3.8) is 0 Å². The third kappa shape index (κ3) is 5.19. The van der Waals surface area contributed by atoms with Gasteiger partial charge >= 0.3 is 5.97 Å². The molecule has 2 aliphatic heterocycles. The molecular formula is C26H27NO6. The van der Waals surface area contributed by atoms with Gasteiger partial charge in [-0.2, -0.15) is 0 Å². The van der Waals surface area contributed by atoms with Crippen molar-refractivity contribution in [1.29, 1.82) is 0 Å². The monoisotopic (exact) mass is 449 g/mol. The molecule has 0 aromatic heterocycles. The minimum atomic E-state index is -0.461. The Kier molecular flexibility index (Phi) is 7.28. The maximum atomic E-state index is 12.4. The van der Waals surface area contributed by atoms with Gasteiger partial charge in [0.2, 0.25) is 6.41 Å². The van der Waals surface area contributed by atoms with E-state index < -0.39 is 6.10 Å². The molecule has 7 heteroatoms. The summed E-state index contributed by atoms with van der Waals surface area (Å²) in [7, 11) is 1.68. The summed E-state index contributed by atoms with van der Waals surface area (Å²) in [4.78, 5) is 25.2. The third-order valence-electron chi connectivity index (χ3n) is 5.64. The van der Waals surface area contributed by atoms with Crippen LogP contribution in [0.25, 0.3) is 0 Å². The summed E-state index contributed by atoms with van der Waals surface area (Å²) >= 11 is 0. The zero-order chi connectivity index (χ0) is 23.2. The van der Waals surface area contributed by atoms with Crippen molar-refractivity contribution in [3.8, 4) is 17.6 Å². The van der Waals surface area contributed by atoms with Crippen molar-refractivity contribution in [1.82, 2.24) is 0 Å². The van der Waals surface area contributed by atoms with Crippen LogP contribution in [0.4, 0.5) is 5.69 Å². The first kappa shape index (κ1) is 22.8. The highest BCUT2D eigenvalue weighted by Crippen LogP contribution is 2.33. The number of rotatable bonds is 7.